The van der Waals surface area contributed by atoms with Crippen LogP contribution in [0.1, 0.15) is 17.7 Å². The molecule has 0 saturated heterocycles. The summed E-state index contributed by atoms with van der Waals surface area (Å²) in [6.07, 6.45) is 4.54. The van der Waals surface area contributed by atoms with Crippen LogP contribution in [0.2, 0.25) is 0 Å². The molecule has 1 aliphatic rings. The molecule has 0 atom stereocenters. The van der Waals surface area contributed by atoms with E-state index in [0.717, 1.165) is 23.3 Å². The molecule has 0 aromatic carbocycles. The van der Waals surface area contributed by atoms with Crippen molar-refractivity contribution in [1.82, 2.24) is 9.97 Å². The van der Waals surface area contributed by atoms with E-state index >= 15 is 0 Å². The average molecular weight is 306 g/mol. The fourth-order valence-electron chi connectivity index (χ4n) is 2.13. The minimum atomic E-state index is 0.631. The molecule has 20 heavy (non-hydrogen) atoms. The standard InChI is InChI=1S/C14H18N4S2/c1-15-12-8-13(17-14(16-12)19-2)18(10-5-6-10)9-11-4-3-7-20-11/h3-4,7-8,10H,5-6,9H2,1-2H3,(H,15,16,17). The molecule has 2 aromatic rings. The Morgan fingerprint density at radius 1 is 1.45 bits per heavy atom. The predicted molar refractivity (Wildman–Crippen MR) is 86.9 cm³/mol. The van der Waals surface area contributed by atoms with Crippen molar-refractivity contribution in [2.75, 3.05) is 23.5 Å². The van der Waals surface area contributed by atoms with Gasteiger partial charge in [0.25, 0.3) is 0 Å². The maximum Gasteiger partial charge on any atom is 0.191 e. The third-order valence-corrected chi connectivity index (χ3v) is 4.73. The van der Waals surface area contributed by atoms with Gasteiger partial charge in [0.05, 0.1) is 6.54 Å². The Hall–Kier alpha value is -1.27. The van der Waals surface area contributed by atoms with Crippen LogP contribution >= 0.6 is 23.1 Å². The summed E-state index contributed by atoms with van der Waals surface area (Å²) in [6, 6.07) is 6.98. The topological polar surface area (TPSA) is 41.0 Å². The number of aromatic nitrogens is 2. The lowest BCUT2D eigenvalue weighted by Gasteiger charge is -2.23. The highest BCUT2D eigenvalue weighted by molar-refractivity contribution is 7.98. The van der Waals surface area contributed by atoms with Gasteiger partial charge >= 0.3 is 0 Å². The highest BCUT2D eigenvalue weighted by atomic mass is 32.2. The van der Waals surface area contributed by atoms with Crippen LogP contribution < -0.4 is 10.2 Å². The van der Waals surface area contributed by atoms with Crippen LogP contribution in [-0.4, -0.2) is 29.3 Å². The molecular weight excluding hydrogens is 288 g/mol. The van der Waals surface area contributed by atoms with Crippen LogP contribution in [0.15, 0.2) is 28.7 Å². The number of thiophene rings is 1. The van der Waals surface area contributed by atoms with Gasteiger partial charge in [0, 0.05) is 24.0 Å². The van der Waals surface area contributed by atoms with Crippen LogP contribution in [0.4, 0.5) is 11.6 Å². The minimum absolute atomic E-state index is 0.631. The summed E-state index contributed by atoms with van der Waals surface area (Å²) < 4.78 is 0. The first-order valence-electron chi connectivity index (χ1n) is 6.70. The molecule has 2 aromatic heterocycles. The number of hydrogen-bond acceptors (Lipinski definition) is 6. The summed E-state index contributed by atoms with van der Waals surface area (Å²) in [6.45, 7) is 0.941. The van der Waals surface area contributed by atoms with Crippen molar-refractivity contribution in [3.05, 3.63) is 28.5 Å². The van der Waals surface area contributed by atoms with Gasteiger partial charge in [-0.1, -0.05) is 17.8 Å². The van der Waals surface area contributed by atoms with Gasteiger partial charge < -0.3 is 10.2 Å². The van der Waals surface area contributed by atoms with Gasteiger partial charge in [-0.15, -0.1) is 11.3 Å². The largest absolute Gasteiger partial charge is 0.373 e. The molecule has 106 valence electrons. The minimum Gasteiger partial charge on any atom is -0.373 e. The van der Waals surface area contributed by atoms with E-state index in [2.05, 4.69) is 37.7 Å². The van der Waals surface area contributed by atoms with E-state index in [4.69, 9.17) is 0 Å². The van der Waals surface area contributed by atoms with Gasteiger partial charge in [0.2, 0.25) is 0 Å². The maximum absolute atomic E-state index is 4.68. The molecule has 0 bridgehead atoms. The predicted octanol–water partition coefficient (Wildman–Crippen LogP) is 3.47. The van der Waals surface area contributed by atoms with Gasteiger partial charge in [-0.05, 0) is 30.5 Å². The number of rotatable bonds is 6. The van der Waals surface area contributed by atoms with Gasteiger partial charge in [0.1, 0.15) is 11.6 Å². The van der Waals surface area contributed by atoms with E-state index in [1.807, 2.05) is 19.4 Å². The Bertz CT molecular complexity index is 544. The smallest absolute Gasteiger partial charge is 0.191 e. The highest BCUT2D eigenvalue weighted by Gasteiger charge is 2.30. The molecule has 0 aliphatic heterocycles. The Morgan fingerprint density at radius 3 is 2.90 bits per heavy atom. The number of hydrogen-bond donors (Lipinski definition) is 1. The SMILES string of the molecule is CNc1cc(N(Cc2cccs2)C2CC2)nc(SC)n1. The molecular formula is C14H18N4S2. The van der Waals surface area contributed by atoms with Crippen LogP contribution in [0, 0.1) is 0 Å². The Morgan fingerprint density at radius 2 is 2.30 bits per heavy atom. The van der Waals surface area contributed by atoms with Crippen molar-refractivity contribution in [3.63, 3.8) is 0 Å². The molecule has 1 saturated carbocycles. The normalized spacial score (nSPS) is 14.3. The van der Waals surface area contributed by atoms with Crippen molar-refractivity contribution in [3.8, 4) is 0 Å². The molecule has 6 heteroatoms. The van der Waals surface area contributed by atoms with Crippen molar-refractivity contribution >= 4 is 34.7 Å². The Balaban J connectivity index is 1.90. The van der Waals surface area contributed by atoms with Crippen LogP contribution in [0.3, 0.4) is 0 Å². The molecule has 1 N–H and O–H groups in total. The van der Waals surface area contributed by atoms with E-state index in [9.17, 15) is 0 Å². The molecule has 1 aliphatic carbocycles. The molecule has 3 rings (SSSR count). The average Bonchev–Trinajstić information content (AvgIpc) is 3.20. The van der Waals surface area contributed by atoms with E-state index in [1.54, 1.807) is 23.1 Å². The van der Waals surface area contributed by atoms with Crippen LogP contribution in [-0.2, 0) is 6.54 Å². The lowest BCUT2D eigenvalue weighted by Crippen LogP contribution is -2.26. The number of nitrogens with one attached hydrogen (secondary N) is 1. The quantitative estimate of drug-likeness (QED) is 0.654. The first-order valence-corrected chi connectivity index (χ1v) is 8.80. The second kappa shape index (κ2) is 6.01. The van der Waals surface area contributed by atoms with Gasteiger partial charge in [-0.3, -0.25) is 0 Å². The van der Waals surface area contributed by atoms with E-state index in [1.165, 1.54) is 17.7 Å². The Kier molecular flexibility index (Phi) is 4.12. The van der Waals surface area contributed by atoms with Crippen molar-refractivity contribution in [1.29, 1.82) is 0 Å². The Labute approximate surface area is 127 Å². The van der Waals surface area contributed by atoms with Gasteiger partial charge in [-0.25, -0.2) is 9.97 Å². The second-order valence-corrected chi connectivity index (χ2v) is 6.59. The van der Waals surface area contributed by atoms with Gasteiger partial charge in [-0.2, -0.15) is 0 Å². The summed E-state index contributed by atoms with van der Waals surface area (Å²) in [5.74, 6) is 1.92. The monoisotopic (exact) mass is 306 g/mol. The van der Waals surface area contributed by atoms with Crippen molar-refractivity contribution in [2.45, 2.75) is 30.6 Å². The molecule has 4 nitrogen and oxygen atoms in total. The molecule has 0 amide bonds. The number of anilines is 2. The van der Waals surface area contributed by atoms with E-state index < -0.39 is 0 Å². The summed E-state index contributed by atoms with van der Waals surface area (Å²) in [5, 5.41) is 6.08. The summed E-state index contributed by atoms with van der Waals surface area (Å²) in [5.41, 5.74) is 0. The fraction of sp³-hybridized carbons (Fsp3) is 0.429. The van der Waals surface area contributed by atoms with E-state index in [-0.39, 0.29) is 0 Å². The highest BCUT2D eigenvalue weighted by Crippen LogP contribution is 2.34. The zero-order valence-corrected chi connectivity index (χ0v) is 13.3. The first-order chi connectivity index (χ1) is 9.80. The molecule has 1 fully saturated rings. The van der Waals surface area contributed by atoms with Crippen LogP contribution in [0.5, 0.6) is 0 Å². The molecule has 2 heterocycles. The first kappa shape index (κ1) is 13.7. The van der Waals surface area contributed by atoms with Gasteiger partial charge in [0.15, 0.2) is 5.16 Å². The fourth-order valence-corrected chi connectivity index (χ4v) is 3.21. The summed E-state index contributed by atoms with van der Waals surface area (Å²) in [4.78, 5) is 12.9. The lowest BCUT2D eigenvalue weighted by molar-refractivity contribution is 0.770. The maximum atomic E-state index is 4.68. The van der Waals surface area contributed by atoms with E-state index in [0.29, 0.717) is 6.04 Å². The number of thioether (sulfide) groups is 1. The third-order valence-electron chi connectivity index (χ3n) is 3.32. The lowest BCUT2D eigenvalue weighted by atomic mass is 10.3. The third kappa shape index (κ3) is 3.07. The molecule has 0 radical (unpaired) electrons. The zero-order valence-electron chi connectivity index (χ0n) is 11.7. The molecule has 0 spiro atoms. The second-order valence-electron chi connectivity index (χ2n) is 4.79. The summed E-state index contributed by atoms with van der Waals surface area (Å²) in [7, 11) is 1.90. The van der Waals surface area contributed by atoms with Crippen LogP contribution in [0.25, 0.3) is 0 Å². The summed E-state index contributed by atoms with van der Waals surface area (Å²) >= 11 is 3.39. The van der Waals surface area contributed by atoms with Crippen molar-refractivity contribution < 1.29 is 0 Å². The molecule has 0 unspecified atom stereocenters. The zero-order chi connectivity index (χ0) is 13.9. The number of nitrogens with zero attached hydrogens (tertiary/aromatic N) is 3. The van der Waals surface area contributed by atoms with Crippen molar-refractivity contribution in [2.24, 2.45) is 0 Å².